The summed E-state index contributed by atoms with van der Waals surface area (Å²) in [5.74, 6) is -0.788. The summed E-state index contributed by atoms with van der Waals surface area (Å²) in [7, 11) is 0. The van der Waals surface area contributed by atoms with Gasteiger partial charge in [0, 0.05) is 24.8 Å². The van der Waals surface area contributed by atoms with Crippen LogP contribution < -0.4 is 5.32 Å². The number of aromatic nitrogens is 1. The molecular formula is C30H36N4O5. The Kier molecular flexibility index (Phi) is 8.07. The van der Waals surface area contributed by atoms with E-state index < -0.39 is 0 Å². The van der Waals surface area contributed by atoms with Crippen molar-refractivity contribution in [3.63, 3.8) is 0 Å². The molecule has 1 saturated carbocycles. The highest BCUT2D eigenvalue weighted by Gasteiger charge is 2.30. The maximum atomic E-state index is 13.1. The topological polar surface area (TPSA) is 120 Å². The van der Waals surface area contributed by atoms with E-state index in [1.165, 1.54) is 0 Å². The Balaban J connectivity index is 1.57. The second kappa shape index (κ2) is 11.8. The number of carbonyl (C=O) groups excluding carboxylic acids is 1. The van der Waals surface area contributed by atoms with Gasteiger partial charge in [0.15, 0.2) is 11.4 Å². The minimum atomic E-state index is -0.290. The van der Waals surface area contributed by atoms with E-state index in [-0.39, 0.29) is 52.1 Å². The lowest BCUT2D eigenvalue weighted by Crippen LogP contribution is -2.40. The van der Waals surface area contributed by atoms with E-state index in [0.29, 0.717) is 32.7 Å². The van der Waals surface area contributed by atoms with Gasteiger partial charge in [0.1, 0.15) is 5.69 Å². The molecule has 4 N–H and O–H groups in total. The molecule has 2 aliphatic rings. The first-order valence-corrected chi connectivity index (χ1v) is 13.7. The molecule has 1 amide bonds. The molecule has 0 spiro atoms. The molecule has 0 radical (unpaired) electrons. The summed E-state index contributed by atoms with van der Waals surface area (Å²) in [6, 6.07) is 14.5. The van der Waals surface area contributed by atoms with Gasteiger partial charge in [-0.05, 0) is 37.0 Å². The van der Waals surface area contributed by atoms with E-state index in [9.17, 15) is 20.1 Å². The first kappa shape index (κ1) is 26.6. The van der Waals surface area contributed by atoms with Gasteiger partial charge in [-0.15, -0.1) is 0 Å². The summed E-state index contributed by atoms with van der Waals surface area (Å²) in [4.78, 5) is 19.6. The zero-order valence-corrected chi connectivity index (χ0v) is 22.3. The van der Waals surface area contributed by atoms with E-state index in [1.54, 1.807) is 27.7 Å². The fourth-order valence-electron chi connectivity index (χ4n) is 5.46. The number of morpholine rings is 1. The lowest BCUT2D eigenvalue weighted by atomic mass is 9.95. The average molecular weight is 533 g/mol. The van der Waals surface area contributed by atoms with Gasteiger partial charge in [0.25, 0.3) is 5.91 Å². The molecule has 3 aromatic rings. The Morgan fingerprint density at radius 3 is 2.38 bits per heavy atom. The zero-order chi connectivity index (χ0) is 27.4. The minimum absolute atomic E-state index is 0.0621. The third kappa shape index (κ3) is 5.45. The number of ether oxygens (including phenoxy) is 1. The standard InChI is InChI=1S/C30H36N4O5/c1-2-23(20-10-5-3-6-11-20)31-25-26(30(38)34(29(25)37)21-12-7-4-8-13-21)32-24-15-9-14-22(27(24)35)28(36)33-16-18-39-19-17-33/h3,5-6,9-11,14-15,21,32,35,37-38H,2,4,7-8,12-13,16-19H2,1H3. The molecule has 39 heavy (non-hydrogen) atoms. The number of phenolic OH excluding ortho intramolecular Hbond substituents is 1. The Bertz CT molecular complexity index is 1340. The predicted octanol–water partition coefficient (Wildman–Crippen LogP) is 5.86. The molecule has 1 aliphatic heterocycles. The molecule has 1 saturated heterocycles. The van der Waals surface area contributed by atoms with Gasteiger partial charge >= 0.3 is 0 Å². The highest BCUT2D eigenvalue weighted by molar-refractivity contribution is 6.04. The van der Waals surface area contributed by atoms with Crippen molar-refractivity contribution in [3.05, 3.63) is 59.7 Å². The first-order valence-electron chi connectivity index (χ1n) is 13.7. The van der Waals surface area contributed by atoms with Crippen LogP contribution in [0.1, 0.15) is 67.4 Å². The molecule has 0 atom stereocenters. The summed E-state index contributed by atoms with van der Waals surface area (Å²) in [6.07, 6.45) is 5.44. The Hall–Kier alpha value is -3.98. The summed E-state index contributed by atoms with van der Waals surface area (Å²) < 4.78 is 6.90. The number of carbonyl (C=O) groups is 1. The van der Waals surface area contributed by atoms with Crippen molar-refractivity contribution in [2.75, 3.05) is 31.6 Å². The largest absolute Gasteiger partial charge is 0.505 e. The van der Waals surface area contributed by atoms with Crippen molar-refractivity contribution >= 4 is 28.7 Å². The second-order valence-corrected chi connectivity index (χ2v) is 10.0. The van der Waals surface area contributed by atoms with E-state index in [2.05, 4.69) is 5.32 Å². The molecule has 5 rings (SSSR count). The van der Waals surface area contributed by atoms with Crippen LogP contribution in [0.2, 0.25) is 0 Å². The number of aromatic hydroxyl groups is 3. The van der Waals surface area contributed by atoms with Crippen molar-refractivity contribution < 1.29 is 24.9 Å². The smallest absolute Gasteiger partial charge is 0.257 e. The lowest BCUT2D eigenvalue weighted by Gasteiger charge is -2.27. The maximum absolute atomic E-state index is 13.1. The van der Waals surface area contributed by atoms with Crippen LogP contribution in [0, 0.1) is 0 Å². The summed E-state index contributed by atoms with van der Waals surface area (Å²) in [5, 5.41) is 37.1. The van der Waals surface area contributed by atoms with E-state index in [1.807, 2.05) is 37.3 Å². The Morgan fingerprint density at radius 1 is 0.974 bits per heavy atom. The number of hydrogen-bond acceptors (Lipinski definition) is 7. The molecule has 9 heteroatoms. The highest BCUT2D eigenvalue weighted by atomic mass is 16.5. The van der Waals surface area contributed by atoms with E-state index in [0.717, 1.165) is 43.4 Å². The molecule has 0 unspecified atom stereocenters. The monoisotopic (exact) mass is 532 g/mol. The molecule has 2 heterocycles. The number of hydrogen-bond donors (Lipinski definition) is 4. The summed E-state index contributed by atoms with van der Waals surface area (Å²) >= 11 is 0. The van der Waals surface area contributed by atoms with Crippen LogP contribution in [0.5, 0.6) is 17.5 Å². The molecule has 0 bridgehead atoms. The van der Waals surface area contributed by atoms with Crippen molar-refractivity contribution in [1.29, 1.82) is 0 Å². The van der Waals surface area contributed by atoms with Gasteiger partial charge in [-0.2, -0.15) is 0 Å². The Labute approximate surface area is 228 Å². The zero-order valence-electron chi connectivity index (χ0n) is 22.3. The molecule has 1 aliphatic carbocycles. The summed E-state index contributed by atoms with van der Waals surface area (Å²) in [5.41, 5.74) is 2.43. The van der Waals surface area contributed by atoms with Crippen molar-refractivity contribution in [2.45, 2.75) is 51.5 Å². The third-order valence-electron chi connectivity index (χ3n) is 7.58. The predicted molar refractivity (Wildman–Crippen MR) is 151 cm³/mol. The SMILES string of the molecule is CCC(=Nc1c(Nc2cccc(C(=O)N3CCOCC3)c2O)c(O)n(C2CCCCC2)c1O)c1ccccc1. The number of nitrogens with zero attached hydrogens (tertiary/aromatic N) is 3. The van der Waals surface area contributed by atoms with Crippen LogP contribution in [-0.4, -0.2) is 62.7 Å². The fourth-order valence-corrected chi connectivity index (χ4v) is 5.46. The van der Waals surface area contributed by atoms with Crippen LogP contribution in [0.3, 0.4) is 0 Å². The van der Waals surface area contributed by atoms with Crippen molar-refractivity contribution in [3.8, 4) is 17.5 Å². The minimum Gasteiger partial charge on any atom is -0.505 e. The van der Waals surface area contributed by atoms with Crippen LogP contribution in [0.25, 0.3) is 0 Å². The number of anilines is 2. The quantitative estimate of drug-likeness (QED) is 0.224. The molecule has 2 fully saturated rings. The average Bonchev–Trinajstić information content (AvgIpc) is 3.21. The number of benzene rings is 2. The number of amides is 1. The Morgan fingerprint density at radius 2 is 1.69 bits per heavy atom. The van der Waals surface area contributed by atoms with Crippen LogP contribution in [0.4, 0.5) is 17.1 Å². The second-order valence-electron chi connectivity index (χ2n) is 10.0. The van der Waals surface area contributed by atoms with Gasteiger partial charge in [-0.3, -0.25) is 9.36 Å². The normalized spacial score (nSPS) is 16.8. The third-order valence-corrected chi connectivity index (χ3v) is 7.58. The number of phenols is 1. The number of nitrogens with one attached hydrogen (secondary N) is 1. The number of rotatable bonds is 7. The molecule has 9 nitrogen and oxygen atoms in total. The van der Waals surface area contributed by atoms with E-state index >= 15 is 0 Å². The molecule has 206 valence electrons. The highest BCUT2D eigenvalue weighted by Crippen LogP contribution is 2.51. The molecule has 2 aromatic carbocycles. The lowest BCUT2D eigenvalue weighted by molar-refractivity contribution is 0.0301. The van der Waals surface area contributed by atoms with Crippen molar-refractivity contribution in [2.24, 2.45) is 4.99 Å². The molecule has 1 aromatic heterocycles. The first-order chi connectivity index (χ1) is 19.0. The fraction of sp³-hybridized carbons (Fsp3) is 0.400. The maximum Gasteiger partial charge on any atom is 0.257 e. The number of aliphatic imine (C=N–C) groups is 1. The van der Waals surface area contributed by atoms with Gasteiger partial charge in [0.05, 0.1) is 24.5 Å². The van der Waals surface area contributed by atoms with Gasteiger partial charge < -0.3 is 30.3 Å². The van der Waals surface area contributed by atoms with E-state index in [4.69, 9.17) is 9.73 Å². The van der Waals surface area contributed by atoms with Crippen molar-refractivity contribution in [1.82, 2.24) is 9.47 Å². The van der Waals surface area contributed by atoms with Crippen LogP contribution in [0.15, 0.2) is 53.5 Å². The molecular weight excluding hydrogens is 496 g/mol. The van der Waals surface area contributed by atoms with Gasteiger partial charge in [-0.25, -0.2) is 4.99 Å². The van der Waals surface area contributed by atoms with Crippen LogP contribution in [-0.2, 0) is 4.74 Å². The van der Waals surface area contributed by atoms with Crippen LogP contribution >= 0.6 is 0 Å². The van der Waals surface area contributed by atoms with Gasteiger partial charge in [0.2, 0.25) is 11.8 Å². The number of para-hydroxylation sites is 1. The van der Waals surface area contributed by atoms with Gasteiger partial charge in [-0.1, -0.05) is 62.6 Å². The summed E-state index contributed by atoms with van der Waals surface area (Å²) in [6.45, 7) is 3.80.